The molecule has 30 heavy (non-hydrogen) atoms. The summed E-state index contributed by atoms with van der Waals surface area (Å²) in [6.07, 6.45) is 1.63. The second kappa shape index (κ2) is 7.04. The fraction of sp³-hybridized carbons (Fsp3) is 0.273. The van der Waals surface area contributed by atoms with Crippen LogP contribution >= 0.6 is 11.6 Å². The maximum atomic E-state index is 6.43. The van der Waals surface area contributed by atoms with Gasteiger partial charge in [-0.15, -0.1) is 0 Å². The quantitative estimate of drug-likeness (QED) is 0.542. The number of hydrogen-bond donors (Lipinski definition) is 1. The zero-order valence-corrected chi connectivity index (χ0v) is 17.0. The van der Waals surface area contributed by atoms with Crippen LogP contribution in [0, 0.1) is 0 Å². The number of halogens is 1. The lowest BCUT2D eigenvalue weighted by Gasteiger charge is -2.35. The topological polar surface area (TPSA) is 66.5 Å². The summed E-state index contributed by atoms with van der Waals surface area (Å²) in [6.45, 7) is 4.93. The highest BCUT2D eigenvalue weighted by Crippen LogP contribution is 2.34. The molecule has 1 N–H and O–H groups in total. The van der Waals surface area contributed by atoms with Crippen molar-refractivity contribution in [2.75, 3.05) is 37.9 Å². The molecule has 2 aliphatic heterocycles. The number of H-pyrrole nitrogens is 1. The Morgan fingerprint density at radius 1 is 1.00 bits per heavy atom. The molecule has 0 atom stereocenters. The summed E-state index contributed by atoms with van der Waals surface area (Å²) in [7, 11) is 0. The lowest BCUT2D eigenvalue weighted by atomic mass is 10.1. The Balaban J connectivity index is 1.22. The summed E-state index contributed by atoms with van der Waals surface area (Å²) in [5.41, 5.74) is 4.05. The molecule has 4 heterocycles. The maximum absolute atomic E-state index is 6.43. The second-order valence-corrected chi connectivity index (χ2v) is 8.07. The number of aromatic amines is 1. The molecule has 0 radical (unpaired) electrons. The molecule has 1 saturated heterocycles. The van der Waals surface area contributed by atoms with Crippen molar-refractivity contribution < 1.29 is 9.47 Å². The molecule has 2 aromatic heterocycles. The van der Waals surface area contributed by atoms with Crippen LogP contribution in [-0.2, 0) is 6.54 Å². The van der Waals surface area contributed by atoms with Crippen molar-refractivity contribution in [3.05, 3.63) is 53.3 Å². The van der Waals surface area contributed by atoms with Gasteiger partial charge >= 0.3 is 0 Å². The van der Waals surface area contributed by atoms with E-state index in [1.165, 1.54) is 5.56 Å². The molecule has 0 bridgehead atoms. The number of piperazine rings is 1. The van der Waals surface area contributed by atoms with Crippen molar-refractivity contribution in [1.82, 2.24) is 19.9 Å². The van der Waals surface area contributed by atoms with E-state index in [9.17, 15) is 0 Å². The Kier molecular flexibility index (Phi) is 4.17. The van der Waals surface area contributed by atoms with Gasteiger partial charge in [-0.25, -0.2) is 9.97 Å². The normalized spacial score (nSPS) is 16.6. The van der Waals surface area contributed by atoms with E-state index in [1.54, 1.807) is 6.33 Å². The van der Waals surface area contributed by atoms with Crippen molar-refractivity contribution in [3.8, 4) is 11.5 Å². The third kappa shape index (κ3) is 2.93. The van der Waals surface area contributed by atoms with Crippen molar-refractivity contribution in [2.24, 2.45) is 0 Å². The van der Waals surface area contributed by atoms with Gasteiger partial charge in [0.05, 0.1) is 5.02 Å². The average Bonchev–Trinajstić information content (AvgIpc) is 3.38. The minimum atomic E-state index is 0.309. The summed E-state index contributed by atoms with van der Waals surface area (Å²) in [4.78, 5) is 17.3. The lowest BCUT2D eigenvalue weighted by molar-refractivity contribution is 0.174. The Hall–Kier alpha value is -3.03. The van der Waals surface area contributed by atoms with Crippen molar-refractivity contribution >= 4 is 39.4 Å². The van der Waals surface area contributed by atoms with Gasteiger partial charge in [0, 0.05) is 43.6 Å². The van der Waals surface area contributed by atoms with Gasteiger partial charge < -0.3 is 19.4 Å². The first kappa shape index (κ1) is 17.8. The van der Waals surface area contributed by atoms with E-state index in [-0.39, 0.29) is 0 Å². The van der Waals surface area contributed by atoms with Crippen LogP contribution in [0.3, 0.4) is 0 Å². The molecule has 6 rings (SSSR count). The number of benzene rings is 2. The Labute approximate surface area is 178 Å². The van der Waals surface area contributed by atoms with Crippen molar-refractivity contribution in [2.45, 2.75) is 6.54 Å². The molecule has 7 nitrogen and oxygen atoms in total. The lowest BCUT2D eigenvalue weighted by Crippen LogP contribution is -2.46. The smallest absolute Gasteiger partial charge is 0.231 e. The molecule has 4 aromatic rings. The number of aromatic nitrogens is 3. The third-order valence-electron chi connectivity index (χ3n) is 5.85. The largest absolute Gasteiger partial charge is 0.454 e. The van der Waals surface area contributed by atoms with Gasteiger partial charge in [-0.3, -0.25) is 4.90 Å². The zero-order valence-electron chi connectivity index (χ0n) is 16.3. The average molecular weight is 422 g/mol. The van der Waals surface area contributed by atoms with Crippen LogP contribution in [0.5, 0.6) is 11.5 Å². The van der Waals surface area contributed by atoms with Gasteiger partial charge in [0.1, 0.15) is 17.4 Å². The third-order valence-corrected chi connectivity index (χ3v) is 6.17. The van der Waals surface area contributed by atoms with E-state index >= 15 is 0 Å². The molecule has 2 aliphatic rings. The molecule has 0 saturated carbocycles. The molecule has 0 amide bonds. The van der Waals surface area contributed by atoms with Crippen LogP contribution < -0.4 is 14.4 Å². The summed E-state index contributed by atoms with van der Waals surface area (Å²) in [5.74, 6) is 2.61. The fourth-order valence-corrected chi connectivity index (χ4v) is 4.60. The van der Waals surface area contributed by atoms with E-state index in [4.69, 9.17) is 21.1 Å². The molecule has 0 aliphatic carbocycles. The predicted molar refractivity (Wildman–Crippen MR) is 116 cm³/mol. The molecule has 1 fully saturated rings. The fourth-order valence-electron chi connectivity index (χ4n) is 4.34. The monoisotopic (exact) mass is 421 g/mol. The van der Waals surface area contributed by atoms with E-state index in [1.807, 2.05) is 24.3 Å². The van der Waals surface area contributed by atoms with E-state index in [0.29, 0.717) is 11.8 Å². The molecule has 0 unspecified atom stereocenters. The van der Waals surface area contributed by atoms with Gasteiger partial charge in [0.15, 0.2) is 17.3 Å². The van der Waals surface area contributed by atoms with Crippen LogP contribution in [0.4, 0.5) is 5.82 Å². The Bertz CT molecular complexity index is 1250. The van der Waals surface area contributed by atoms with Gasteiger partial charge in [-0.2, -0.15) is 0 Å². The second-order valence-electron chi connectivity index (χ2n) is 7.66. The summed E-state index contributed by atoms with van der Waals surface area (Å²) < 4.78 is 10.9. The van der Waals surface area contributed by atoms with Crippen molar-refractivity contribution in [3.63, 3.8) is 0 Å². The standard InChI is InChI=1S/C22H20ClN5O2/c23-15-2-1-3-16-19(15)20-21(26-16)22(25-12-24-20)28-8-6-27(7-9-28)11-14-4-5-17-18(10-14)30-13-29-17/h1-5,10,12,26H,6-9,11,13H2. The predicted octanol–water partition coefficient (Wildman–Crippen LogP) is 3.82. The Morgan fingerprint density at radius 3 is 2.77 bits per heavy atom. The Morgan fingerprint density at radius 2 is 1.87 bits per heavy atom. The molecular weight excluding hydrogens is 402 g/mol. The highest BCUT2D eigenvalue weighted by atomic mass is 35.5. The minimum absolute atomic E-state index is 0.309. The molecule has 0 spiro atoms. The highest BCUT2D eigenvalue weighted by molar-refractivity contribution is 6.37. The van der Waals surface area contributed by atoms with Crippen LogP contribution in [0.2, 0.25) is 5.02 Å². The van der Waals surface area contributed by atoms with Gasteiger partial charge in [0.2, 0.25) is 6.79 Å². The number of hydrogen-bond acceptors (Lipinski definition) is 6. The van der Waals surface area contributed by atoms with Gasteiger partial charge in [-0.1, -0.05) is 23.7 Å². The number of nitrogens with zero attached hydrogens (tertiary/aromatic N) is 4. The van der Waals surface area contributed by atoms with Gasteiger partial charge in [0.25, 0.3) is 0 Å². The minimum Gasteiger partial charge on any atom is -0.454 e. The first-order valence-electron chi connectivity index (χ1n) is 10.0. The summed E-state index contributed by atoms with van der Waals surface area (Å²) >= 11 is 6.43. The summed E-state index contributed by atoms with van der Waals surface area (Å²) in [6, 6.07) is 12.1. The van der Waals surface area contributed by atoms with Crippen LogP contribution in [0.25, 0.3) is 21.9 Å². The first-order valence-corrected chi connectivity index (χ1v) is 10.4. The SMILES string of the molecule is Clc1cccc2[nH]c3c(N4CCN(Cc5ccc6c(c5)OCO6)CC4)ncnc3c12. The first-order chi connectivity index (χ1) is 14.8. The van der Waals surface area contributed by atoms with Crippen molar-refractivity contribution in [1.29, 1.82) is 0 Å². The van der Waals surface area contributed by atoms with Crippen LogP contribution in [0.15, 0.2) is 42.7 Å². The number of anilines is 1. The van der Waals surface area contributed by atoms with E-state index in [2.05, 4.69) is 36.9 Å². The van der Waals surface area contributed by atoms with Crippen LogP contribution in [0.1, 0.15) is 5.56 Å². The van der Waals surface area contributed by atoms with Gasteiger partial charge in [-0.05, 0) is 29.8 Å². The highest BCUT2D eigenvalue weighted by Gasteiger charge is 2.23. The molecule has 2 aromatic carbocycles. The molecule has 152 valence electrons. The number of rotatable bonds is 3. The van der Waals surface area contributed by atoms with E-state index in [0.717, 1.165) is 72.0 Å². The van der Waals surface area contributed by atoms with Crippen LogP contribution in [-0.4, -0.2) is 52.8 Å². The van der Waals surface area contributed by atoms with E-state index < -0.39 is 0 Å². The number of nitrogens with one attached hydrogen (secondary N) is 1. The zero-order chi connectivity index (χ0) is 20.1. The maximum Gasteiger partial charge on any atom is 0.231 e. The number of fused-ring (bicyclic) bond motifs is 4. The molecular formula is C22H20ClN5O2. The molecule has 8 heteroatoms. The number of ether oxygens (including phenoxy) is 2. The summed E-state index contributed by atoms with van der Waals surface area (Å²) in [5, 5.41) is 1.66.